The van der Waals surface area contributed by atoms with Crippen LogP contribution in [0.4, 0.5) is 5.69 Å². The van der Waals surface area contributed by atoms with Gasteiger partial charge in [0.15, 0.2) is 5.96 Å². The highest BCUT2D eigenvalue weighted by Gasteiger charge is 2.04. The van der Waals surface area contributed by atoms with Crippen molar-refractivity contribution in [3.05, 3.63) is 28.3 Å². The molecule has 1 rings (SSSR count). The van der Waals surface area contributed by atoms with E-state index in [0.717, 1.165) is 16.8 Å². The summed E-state index contributed by atoms with van der Waals surface area (Å²) < 4.78 is 0. The second-order valence-corrected chi connectivity index (χ2v) is 3.28. The molecule has 0 fully saturated rings. The van der Waals surface area contributed by atoms with Crippen molar-refractivity contribution >= 4 is 23.2 Å². The van der Waals surface area contributed by atoms with Crippen LogP contribution >= 0.6 is 11.6 Å². The molecule has 0 aliphatic rings. The average Bonchev–Trinajstić information content (AvgIpc) is 2.05. The first-order valence-corrected chi connectivity index (χ1v) is 4.25. The number of nitrogens with zero attached hydrogens (tertiary/aromatic N) is 1. The average molecular weight is 198 g/mol. The lowest BCUT2D eigenvalue weighted by molar-refractivity contribution is 1.30. The van der Waals surface area contributed by atoms with E-state index in [1.165, 1.54) is 0 Å². The molecule has 0 aromatic heterocycles. The van der Waals surface area contributed by atoms with E-state index in [1.807, 2.05) is 26.0 Å². The summed E-state index contributed by atoms with van der Waals surface area (Å²) in [4.78, 5) is 4.01. The summed E-state index contributed by atoms with van der Waals surface area (Å²) >= 11 is 5.92. The zero-order chi connectivity index (χ0) is 10.0. The second kappa shape index (κ2) is 3.66. The Morgan fingerprint density at radius 2 is 1.92 bits per heavy atom. The van der Waals surface area contributed by atoms with Gasteiger partial charge in [0.1, 0.15) is 0 Å². The molecule has 70 valence electrons. The molecule has 0 saturated carbocycles. The molecule has 3 nitrogen and oxygen atoms in total. The monoisotopic (exact) mass is 197 g/mol. The van der Waals surface area contributed by atoms with E-state index in [9.17, 15) is 0 Å². The molecule has 0 unspecified atom stereocenters. The van der Waals surface area contributed by atoms with Crippen LogP contribution in [-0.4, -0.2) is 5.96 Å². The topological polar surface area (TPSA) is 64.4 Å². The fourth-order valence-corrected chi connectivity index (χ4v) is 1.26. The minimum atomic E-state index is 0.0495. The van der Waals surface area contributed by atoms with E-state index in [0.29, 0.717) is 5.02 Å². The van der Waals surface area contributed by atoms with Crippen LogP contribution in [0.2, 0.25) is 5.02 Å². The number of nitrogens with two attached hydrogens (primary N) is 2. The van der Waals surface area contributed by atoms with Crippen LogP contribution in [0.25, 0.3) is 0 Å². The molecule has 13 heavy (non-hydrogen) atoms. The first kappa shape index (κ1) is 9.86. The molecular formula is C9H12ClN3. The fraction of sp³-hybridized carbons (Fsp3) is 0.222. The van der Waals surface area contributed by atoms with Crippen LogP contribution in [0, 0.1) is 13.8 Å². The summed E-state index contributed by atoms with van der Waals surface area (Å²) in [5, 5.41) is 0.672. The van der Waals surface area contributed by atoms with Crippen LogP contribution in [0.15, 0.2) is 17.1 Å². The third-order valence-electron chi connectivity index (χ3n) is 1.81. The number of guanidine groups is 1. The largest absolute Gasteiger partial charge is 0.370 e. The van der Waals surface area contributed by atoms with Crippen molar-refractivity contribution in [2.24, 2.45) is 16.5 Å². The van der Waals surface area contributed by atoms with Gasteiger partial charge in [-0.3, -0.25) is 0 Å². The lowest BCUT2D eigenvalue weighted by Gasteiger charge is -2.06. The van der Waals surface area contributed by atoms with Crippen molar-refractivity contribution in [3.63, 3.8) is 0 Å². The molecule has 0 radical (unpaired) electrons. The van der Waals surface area contributed by atoms with Crippen molar-refractivity contribution in [2.75, 3.05) is 0 Å². The summed E-state index contributed by atoms with van der Waals surface area (Å²) in [5.74, 6) is 0.0495. The number of hydrogen-bond donors (Lipinski definition) is 2. The Hall–Kier alpha value is -1.22. The van der Waals surface area contributed by atoms with Gasteiger partial charge < -0.3 is 11.5 Å². The molecule has 0 saturated heterocycles. The number of aliphatic imine (C=N–C) groups is 1. The van der Waals surface area contributed by atoms with Crippen LogP contribution in [0.3, 0.4) is 0 Å². The zero-order valence-corrected chi connectivity index (χ0v) is 8.39. The Balaban J connectivity index is 3.34. The third-order valence-corrected chi connectivity index (χ3v) is 2.22. The number of halogens is 1. The van der Waals surface area contributed by atoms with Crippen LogP contribution in [-0.2, 0) is 0 Å². The molecule has 0 aliphatic heterocycles. The van der Waals surface area contributed by atoms with E-state index < -0.39 is 0 Å². The van der Waals surface area contributed by atoms with E-state index in [2.05, 4.69) is 4.99 Å². The Kier molecular flexibility index (Phi) is 2.78. The van der Waals surface area contributed by atoms with E-state index in [4.69, 9.17) is 23.1 Å². The quantitative estimate of drug-likeness (QED) is 0.533. The molecule has 4 N–H and O–H groups in total. The number of rotatable bonds is 1. The summed E-state index contributed by atoms with van der Waals surface area (Å²) in [5.41, 5.74) is 13.3. The smallest absolute Gasteiger partial charge is 0.191 e. The predicted molar refractivity (Wildman–Crippen MR) is 56.4 cm³/mol. The van der Waals surface area contributed by atoms with Gasteiger partial charge in [0.2, 0.25) is 0 Å². The summed E-state index contributed by atoms with van der Waals surface area (Å²) in [6.45, 7) is 3.82. The lowest BCUT2D eigenvalue weighted by Crippen LogP contribution is -2.22. The van der Waals surface area contributed by atoms with Crippen molar-refractivity contribution in [1.82, 2.24) is 0 Å². The van der Waals surface area contributed by atoms with Crippen molar-refractivity contribution in [3.8, 4) is 0 Å². The van der Waals surface area contributed by atoms with Gasteiger partial charge >= 0.3 is 0 Å². The first-order valence-electron chi connectivity index (χ1n) is 3.87. The fourth-order valence-electron chi connectivity index (χ4n) is 1.11. The molecule has 0 bridgehead atoms. The van der Waals surface area contributed by atoms with Gasteiger partial charge in [0.25, 0.3) is 0 Å². The van der Waals surface area contributed by atoms with Gasteiger partial charge in [-0.2, -0.15) is 0 Å². The molecule has 0 amide bonds. The van der Waals surface area contributed by atoms with Gasteiger partial charge in [-0.25, -0.2) is 4.99 Å². The Labute approximate surface area is 82.4 Å². The molecular weight excluding hydrogens is 186 g/mol. The normalized spacial score (nSPS) is 9.77. The van der Waals surface area contributed by atoms with Crippen molar-refractivity contribution in [1.29, 1.82) is 0 Å². The van der Waals surface area contributed by atoms with Gasteiger partial charge in [-0.1, -0.05) is 17.7 Å². The number of hydrogen-bond acceptors (Lipinski definition) is 1. The Bertz CT molecular complexity index is 354. The van der Waals surface area contributed by atoms with Crippen molar-refractivity contribution < 1.29 is 0 Å². The zero-order valence-electron chi connectivity index (χ0n) is 7.63. The van der Waals surface area contributed by atoms with E-state index in [-0.39, 0.29) is 5.96 Å². The van der Waals surface area contributed by atoms with Gasteiger partial charge in [0.05, 0.1) is 5.69 Å². The van der Waals surface area contributed by atoms with Crippen LogP contribution in [0.1, 0.15) is 11.1 Å². The molecule has 1 aromatic rings. The molecule has 0 aliphatic carbocycles. The predicted octanol–water partition coefficient (Wildman–Crippen LogP) is 1.86. The maximum atomic E-state index is 5.92. The Morgan fingerprint density at radius 1 is 1.31 bits per heavy atom. The molecule has 0 heterocycles. The van der Waals surface area contributed by atoms with E-state index >= 15 is 0 Å². The summed E-state index contributed by atoms with van der Waals surface area (Å²) in [6, 6.07) is 3.72. The number of benzene rings is 1. The van der Waals surface area contributed by atoms with Crippen molar-refractivity contribution in [2.45, 2.75) is 13.8 Å². The molecule has 1 aromatic carbocycles. The second-order valence-electron chi connectivity index (χ2n) is 2.87. The third kappa shape index (κ3) is 2.12. The van der Waals surface area contributed by atoms with E-state index in [1.54, 1.807) is 0 Å². The Morgan fingerprint density at radius 3 is 2.46 bits per heavy atom. The molecule has 0 atom stereocenters. The highest BCUT2D eigenvalue weighted by molar-refractivity contribution is 6.31. The highest BCUT2D eigenvalue weighted by atomic mass is 35.5. The number of aryl methyl sites for hydroxylation is 1. The maximum Gasteiger partial charge on any atom is 0.191 e. The highest BCUT2D eigenvalue weighted by Crippen LogP contribution is 2.29. The standard InChI is InChI=1S/C9H12ClN3/c1-5-3-4-7(10)6(2)8(5)13-9(11)12/h3-4H,1-2H3,(H4,11,12,13). The first-order chi connectivity index (χ1) is 6.02. The lowest BCUT2D eigenvalue weighted by atomic mass is 10.1. The minimum absolute atomic E-state index is 0.0495. The minimum Gasteiger partial charge on any atom is -0.370 e. The molecule has 0 spiro atoms. The van der Waals surface area contributed by atoms with Crippen LogP contribution in [0.5, 0.6) is 0 Å². The molecule has 4 heteroatoms. The summed E-state index contributed by atoms with van der Waals surface area (Å²) in [7, 11) is 0. The SMILES string of the molecule is Cc1ccc(Cl)c(C)c1N=C(N)N. The van der Waals surface area contributed by atoms with Gasteiger partial charge in [-0.05, 0) is 31.0 Å². The van der Waals surface area contributed by atoms with Gasteiger partial charge in [-0.15, -0.1) is 0 Å². The van der Waals surface area contributed by atoms with Crippen LogP contribution < -0.4 is 11.5 Å². The van der Waals surface area contributed by atoms with Gasteiger partial charge in [0, 0.05) is 5.02 Å². The maximum absolute atomic E-state index is 5.92. The summed E-state index contributed by atoms with van der Waals surface area (Å²) in [6.07, 6.45) is 0.